The van der Waals surface area contributed by atoms with Gasteiger partial charge in [-0.3, -0.25) is 9.59 Å². The minimum atomic E-state index is -0.00739. The van der Waals surface area contributed by atoms with Gasteiger partial charge in [0.05, 0.1) is 6.61 Å². The van der Waals surface area contributed by atoms with Crippen molar-refractivity contribution in [3.63, 3.8) is 0 Å². The fourth-order valence-electron chi connectivity index (χ4n) is 2.33. The molecule has 1 saturated carbocycles. The van der Waals surface area contributed by atoms with Gasteiger partial charge in [0.15, 0.2) is 5.78 Å². The summed E-state index contributed by atoms with van der Waals surface area (Å²) in [6, 6.07) is 5.68. The van der Waals surface area contributed by atoms with Crippen LogP contribution in [0.5, 0.6) is 0 Å². The lowest BCUT2D eigenvalue weighted by atomic mass is 10.0. The molecule has 20 heavy (non-hydrogen) atoms. The average molecular weight is 275 g/mol. The summed E-state index contributed by atoms with van der Waals surface area (Å²) < 4.78 is 5.07. The highest BCUT2D eigenvalue weighted by atomic mass is 16.5. The molecule has 1 amide bonds. The predicted octanol–water partition coefficient (Wildman–Crippen LogP) is 2.45. The van der Waals surface area contributed by atoms with Crippen molar-refractivity contribution in [3.05, 3.63) is 34.9 Å². The number of methoxy groups -OCH3 is 1. The Labute approximate surface area is 119 Å². The molecule has 4 nitrogen and oxygen atoms in total. The molecule has 0 heterocycles. The molecule has 0 radical (unpaired) electrons. The molecule has 1 aromatic rings. The Morgan fingerprint density at radius 3 is 2.60 bits per heavy atom. The summed E-state index contributed by atoms with van der Waals surface area (Å²) in [6.45, 7) is 4.55. The van der Waals surface area contributed by atoms with Gasteiger partial charge >= 0.3 is 0 Å². The number of ketones is 1. The lowest BCUT2D eigenvalue weighted by molar-refractivity contribution is 0.0680. The zero-order chi connectivity index (χ0) is 14.7. The SMILES string of the molecule is COCCN(C(=O)c1ccc(C)c(C(C)=O)c1)C1CC1. The van der Waals surface area contributed by atoms with Crippen molar-refractivity contribution in [2.45, 2.75) is 32.7 Å². The summed E-state index contributed by atoms with van der Waals surface area (Å²) in [4.78, 5) is 26.0. The molecule has 0 aromatic heterocycles. The summed E-state index contributed by atoms with van der Waals surface area (Å²) in [7, 11) is 1.63. The third kappa shape index (κ3) is 3.25. The summed E-state index contributed by atoms with van der Waals surface area (Å²) >= 11 is 0. The van der Waals surface area contributed by atoms with E-state index < -0.39 is 0 Å². The molecule has 0 bridgehead atoms. The van der Waals surface area contributed by atoms with Gasteiger partial charge < -0.3 is 9.64 Å². The van der Waals surface area contributed by atoms with Gasteiger partial charge in [0.25, 0.3) is 5.91 Å². The third-order valence-corrected chi connectivity index (χ3v) is 3.65. The van der Waals surface area contributed by atoms with Crippen molar-refractivity contribution in [1.29, 1.82) is 0 Å². The largest absolute Gasteiger partial charge is 0.383 e. The Balaban J connectivity index is 2.22. The van der Waals surface area contributed by atoms with E-state index in [0.29, 0.717) is 30.3 Å². The van der Waals surface area contributed by atoms with Gasteiger partial charge in [0, 0.05) is 30.8 Å². The van der Waals surface area contributed by atoms with Crippen LogP contribution in [0, 0.1) is 6.92 Å². The van der Waals surface area contributed by atoms with Crippen LogP contribution in [0.15, 0.2) is 18.2 Å². The minimum absolute atomic E-state index is 0.00736. The van der Waals surface area contributed by atoms with Crippen LogP contribution >= 0.6 is 0 Å². The number of amides is 1. The van der Waals surface area contributed by atoms with E-state index in [0.717, 1.165) is 18.4 Å². The summed E-state index contributed by atoms with van der Waals surface area (Å²) in [5.74, 6) is -0.0148. The van der Waals surface area contributed by atoms with E-state index in [1.807, 2.05) is 17.9 Å². The fourth-order valence-corrected chi connectivity index (χ4v) is 2.33. The zero-order valence-electron chi connectivity index (χ0n) is 12.3. The fraction of sp³-hybridized carbons (Fsp3) is 0.500. The second kappa shape index (κ2) is 6.18. The molecule has 0 N–H and O–H groups in total. The number of rotatable bonds is 6. The molecule has 0 aliphatic heterocycles. The number of hydrogen-bond acceptors (Lipinski definition) is 3. The predicted molar refractivity (Wildman–Crippen MR) is 77.1 cm³/mol. The topological polar surface area (TPSA) is 46.6 Å². The van der Waals surface area contributed by atoms with Crippen LogP contribution in [-0.2, 0) is 4.74 Å². The van der Waals surface area contributed by atoms with Crippen LogP contribution in [0.1, 0.15) is 46.0 Å². The first-order valence-electron chi connectivity index (χ1n) is 6.96. The highest BCUT2D eigenvalue weighted by Gasteiger charge is 2.32. The van der Waals surface area contributed by atoms with E-state index in [9.17, 15) is 9.59 Å². The first-order chi connectivity index (χ1) is 9.54. The lowest BCUT2D eigenvalue weighted by Gasteiger charge is -2.22. The first kappa shape index (κ1) is 14.7. The van der Waals surface area contributed by atoms with Crippen molar-refractivity contribution in [3.8, 4) is 0 Å². The van der Waals surface area contributed by atoms with Crippen LogP contribution in [0.4, 0.5) is 0 Å². The Bertz CT molecular complexity index is 520. The summed E-state index contributed by atoms with van der Waals surface area (Å²) in [5.41, 5.74) is 2.12. The molecule has 0 spiro atoms. The number of nitrogens with zero attached hydrogens (tertiary/aromatic N) is 1. The molecule has 0 saturated heterocycles. The molecule has 1 fully saturated rings. The van der Waals surface area contributed by atoms with E-state index in [1.54, 1.807) is 19.2 Å². The third-order valence-electron chi connectivity index (χ3n) is 3.65. The van der Waals surface area contributed by atoms with Crippen molar-refractivity contribution in [2.24, 2.45) is 0 Å². The van der Waals surface area contributed by atoms with E-state index in [-0.39, 0.29) is 11.7 Å². The number of carbonyl (C=O) groups is 2. The van der Waals surface area contributed by atoms with Crippen LogP contribution in [0.2, 0.25) is 0 Å². The summed E-state index contributed by atoms with van der Waals surface area (Å²) in [6.07, 6.45) is 2.11. The number of ether oxygens (including phenoxy) is 1. The quantitative estimate of drug-likeness (QED) is 0.749. The Kier molecular flexibility index (Phi) is 4.55. The van der Waals surface area contributed by atoms with E-state index in [2.05, 4.69) is 0 Å². The standard InChI is InChI=1S/C16H21NO3/c1-11-4-5-13(10-15(11)12(2)18)16(19)17(8-9-20-3)14-6-7-14/h4-5,10,14H,6-9H2,1-3H3. The molecule has 4 heteroatoms. The van der Waals surface area contributed by atoms with Gasteiger partial charge in [-0.25, -0.2) is 0 Å². The van der Waals surface area contributed by atoms with E-state index >= 15 is 0 Å². The highest BCUT2D eigenvalue weighted by molar-refractivity contribution is 6.00. The molecule has 1 aliphatic carbocycles. The Morgan fingerprint density at radius 2 is 2.05 bits per heavy atom. The molecular formula is C16H21NO3. The number of Topliss-reactive ketones (excluding diaryl/α,β-unsaturated/α-hetero) is 1. The maximum absolute atomic E-state index is 12.6. The first-order valence-corrected chi connectivity index (χ1v) is 6.96. The molecule has 0 atom stereocenters. The van der Waals surface area contributed by atoms with E-state index in [4.69, 9.17) is 4.74 Å². The number of benzene rings is 1. The van der Waals surface area contributed by atoms with E-state index in [1.165, 1.54) is 6.92 Å². The summed E-state index contributed by atoms with van der Waals surface area (Å²) in [5, 5.41) is 0. The van der Waals surface area contributed by atoms with Crippen molar-refractivity contribution in [1.82, 2.24) is 4.90 Å². The van der Waals surface area contributed by atoms with Crippen LogP contribution in [-0.4, -0.2) is 42.9 Å². The minimum Gasteiger partial charge on any atom is -0.383 e. The van der Waals surface area contributed by atoms with Gasteiger partial charge in [0.1, 0.15) is 0 Å². The number of carbonyl (C=O) groups excluding carboxylic acids is 2. The van der Waals surface area contributed by atoms with Crippen molar-refractivity contribution in [2.75, 3.05) is 20.3 Å². The maximum atomic E-state index is 12.6. The monoisotopic (exact) mass is 275 g/mol. The van der Waals surface area contributed by atoms with Crippen LogP contribution < -0.4 is 0 Å². The lowest BCUT2D eigenvalue weighted by Crippen LogP contribution is -2.35. The molecule has 0 unspecified atom stereocenters. The number of hydrogen-bond donors (Lipinski definition) is 0. The number of aryl methyl sites for hydroxylation is 1. The Morgan fingerprint density at radius 1 is 1.35 bits per heavy atom. The second-order valence-corrected chi connectivity index (χ2v) is 5.31. The zero-order valence-corrected chi connectivity index (χ0v) is 12.3. The molecule has 1 aliphatic rings. The van der Waals surface area contributed by atoms with Crippen LogP contribution in [0.3, 0.4) is 0 Å². The van der Waals surface area contributed by atoms with Gasteiger partial charge in [-0.05, 0) is 44.4 Å². The molecule has 2 rings (SSSR count). The molecule has 108 valence electrons. The normalized spacial score (nSPS) is 14.2. The maximum Gasteiger partial charge on any atom is 0.254 e. The molecule has 1 aromatic carbocycles. The van der Waals surface area contributed by atoms with Gasteiger partial charge in [-0.15, -0.1) is 0 Å². The van der Waals surface area contributed by atoms with Gasteiger partial charge in [-0.2, -0.15) is 0 Å². The van der Waals surface area contributed by atoms with Gasteiger partial charge in [0.2, 0.25) is 0 Å². The Hall–Kier alpha value is -1.68. The highest BCUT2D eigenvalue weighted by Crippen LogP contribution is 2.28. The molecular weight excluding hydrogens is 254 g/mol. The van der Waals surface area contributed by atoms with Crippen LogP contribution in [0.25, 0.3) is 0 Å². The second-order valence-electron chi connectivity index (χ2n) is 5.31. The smallest absolute Gasteiger partial charge is 0.254 e. The van der Waals surface area contributed by atoms with Crippen molar-refractivity contribution < 1.29 is 14.3 Å². The average Bonchev–Trinajstić information content (AvgIpc) is 3.23. The van der Waals surface area contributed by atoms with Crippen molar-refractivity contribution >= 4 is 11.7 Å². The van der Waals surface area contributed by atoms with Gasteiger partial charge in [-0.1, -0.05) is 6.07 Å².